The summed E-state index contributed by atoms with van der Waals surface area (Å²) in [6.07, 6.45) is 22.8. The second-order valence-corrected chi connectivity index (χ2v) is 9.63. The molecular weight excluding hydrogens is 374 g/mol. The second kappa shape index (κ2) is 13.3. The van der Waals surface area contributed by atoms with E-state index < -0.39 is 0 Å². The molecule has 0 radical (unpaired) electrons. The van der Waals surface area contributed by atoms with Gasteiger partial charge in [0.25, 0.3) is 0 Å². The first-order chi connectivity index (χ1) is 14.7. The summed E-state index contributed by atoms with van der Waals surface area (Å²) in [7, 11) is 0. The number of rotatable bonds is 11. The summed E-state index contributed by atoms with van der Waals surface area (Å²) in [5.74, 6) is 3.31. The summed E-state index contributed by atoms with van der Waals surface area (Å²) in [5.41, 5.74) is 8.00. The quantitative estimate of drug-likeness (QED) is 0.260. The molecule has 0 saturated heterocycles. The molecule has 31 heavy (non-hydrogen) atoms. The van der Waals surface area contributed by atoms with Crippen molar-refractivity contribution in [2.75, 3.05) is 0 Å². The van der Waals surface area contributed by atoms with Crippen molar-refractivity contribution in [2.45, 2.75) is 92.9 Å². The normalized spacial score (nSPS) is 18.8. The highest BCUT2D eigenvalue weighted by Crippen LogP contribution is 2.40. The third-order valence-corrected chi connectivity index (χ3v) is 6.65. The number of hydrogen-bond donors (Lipinski definition) is 1. The molecule has 0 unspecified atom stereocenters. The summed E-state index contributed by atoms with van der Waals surface area (Å²) < 4.78 is 0. The van der Waals surface area contributed by atoms with Crippen LogP contribution in [0.4, 0.5) is 0 Å². The number of allylic oxidation sites excluding steroid dienone is 10. The van der Waals surface area contributed by atoms with Gasteiger partial charge in [0.2, 0.25) is 0 Å². The van der Waals surface area contributed by atoms with Crippen LogP contribution in [0.15, 0.2) is 71.1 Å². The van der Waals surface area contributed by atoms with Gasteiger partial charge in [-0.1, -0.05) is 64.7 Å². The molecule has 1 N–H and O–H groups in total. The lowest BCUT2D eigenvalue weighted by Gasteiger charge is -2.35. The average molecular weight is 420 g/mol. The van der Waals surface area contributed by atoms with Crippen LogP contribution < -0.4 is 5.32 Å². The van der Waals surface area contributed by atoms with Gasteiger partial charge < -0.3 is 5.32 Å². The van der Waals surface area contributed by atoms with Crippen molar-refractivity contribution in [3.05, 3.63) is 71.1 Å². The monoisotopic (exact) mass is 419 g/mol. The first-order valence-corrected chi connectivity index (χ1v) is 12.0. The molecule has 0 heterocycles. The van der Waals surface area contributed by atoms with Crippen molar-refractivity contribution < 1.29 is 0 Å². The molecule has 0 bridgehead atoms. The number of nitrogens with one attached hydrogen (secondary N) is 1. The van der Waals surface area contributed by atoms with Crippen LogP contribution in [0.2, 0.25) is 0 Å². The molecule has 0 spiro atoms. The van der Waals surface area contributed by atoms with Crippen LogP contribution in [0.1, 0.15) is 92.9 Å². The highest BCUT2D eigenvalue weighted by molar-refractivity contribution is 5.43. The lowest BCUT2D eigenvalue weighted by molar-refractivity contribution is 0.205. The van der Waals surface area contributed by atoms with Crippen molar-refractivity contribution in [3.63, 3.8) is 0 Å². The average Bonchev–Trinajstić information content (AvgIpc) is 2.73. The maximum atomic E-state index is 5.53. The first-order valence-electron chi connectivity index (χ1n) is 12.0. The fourth-order valence-corrected chi connectivity index (χ4v) is 4.18. The third kappa shape index (κ3) is 9.22. The molecule has 1 fully saturated rings. The van der Waals surface area contributed by atoms with Crippen LogP contribution in [0.5, 0.6) is 0 Å². The van der Waals surface area contributed by atoms with Crippen molar-refractivity contribution in [2.24, 2.45) is 11.3 Å². The highest BCUT2D eigenvalue weighted by atomic mass is 14.9. The third-order valence-electron chi connectivity index (χ3n) is 6.65. The topological polar surface area (TPSA) is 12.0 Å². The van der Waals surface area contributed by atoms with E-state index in [2.05, 4.69) is 84.2 Å². The van der Waals surface area contributed by atoms with E-state index in [1.54, 1.807) is 0 Å². The lowest BCUT2D eigenvalue weighted by atomic mass is 9.72. The fraction of sp³-hybridized carbons (Fsp3) is 0.533. The van der Waals surface area contributed by atoms with Crippen molar-refractivity contribution in [3.8, 4) is 12.3 Å². The Morgan fingerprint density at radius 1 is 1.13 bits per heavy atom. The Labute approximate surface area is 193 Å². The van der Waals surface area contributed by atoms with E-state index in [4.69, 9.17) is 6.42 Å². The van der Waals surface area contributed by atoms with Crippen molar-refractivity contribution in [1.29, 1.82) is 0 Å². The summed E-state index contributed by atoms with van der Waals surface area (Å²) in [6.45, 7) is 21.9. The van der Waals surface area contributed by atoms with Gasteiger partial charge in [0.05, 0.1) is 0 Å². The Bertz CT molecular complexity index is 779. The van der Waals surface area contributed by atoms with Gasteiger partial charge in [0.15, 0.2) is 0 Å². The van der Waals surface area contributed by atoms with Gasteiger partial charge in [-0.15, -0.1) is 12.3 Å². The first kappa shape index (κ1) is 26.8. The highest BCUT2D eigenvalue weighted by Gasteiger charge is 2.28. The molecule has 1 rings (SSSR count). The molecule has 170 valence electrons. The SMILES string of the molecule is C#CC\C=C(CC)/C(=C\C/C(C=C)=C(/C)CC)/C=C(\C)NC(=C)C1CCC(C)(C)CC1. The van der Waals surface area contributed by atoms with E-state index in [1.807, 2.05) is 6.08 Å². The van der Waals surface area contributed by atoms with Crippen molar-refractivity contribution in [1.82, 2.24) is 5.32 Å². The molecule has 1 heteroatoms. The van der Waals surface area contributed by atoms with Gasteiger partial charge in [-0.3, -0.25) is 0 Å². The van der Waals surface area contributed by atoms with Gasteiger partial charge >= 0.3 is 0 Å². The number of hydrogen-bond acceptors (Lipinski definition) is 1. The predicted molar refractivity (Wildman–Crippen MR) is 139 cm³/mol. The van der Waals surface area contributed by atoms with E-state index in [0.29, 0.717) is 17.8 Å². The molecule has 1 aliphatic carbocycles. The van der Waals surface area contributed by atoms with Crippen molar-refractivity contribution >= 4 is 0 Å². The maximum Gasteiger partial charge on any atom is 0.0272 e. The standard InChI is InChI=1S/C30H45N/c1-10-14-15-27(13-4)29(17-16-26(12-3)23(5)11-2)22-24(6)31-25(7)28-18-20-30(8,9)21-19-28/h1,12,15,17,22,28,31H,3,7,11,13-14,16,18-21H2,2,4-6,8-9H3/b24-22+,26-23-,27-15-,29-17-. The van der Waals surface area contributed by atoms with Gasteiger partial charge in [-0.25, -0.2) is 0 Å². The summed E-state index contributed by atoms with van der Waals surface area (Å²) in [4.78, 5) is 0. The van der Waals surface area contributed by atoms with E-state index in [9.17, 15) is 0 Å². The van der Waals surface area contributed by atoms with Crippen LogP contribution in [-0.2, 0) is 0 Å². The zero-order valence-electron chi connectivity index (χ0n) is 21.0. The van der Waals surface area contributed by atoms with Crippen LogP contribution in [0.3, 0.4) is 0 Å². The Kier molecular flexibility index (Phi) is 11.5. The Morgan fingerprint density at radius 3 is 2.29 bits per heavy atom. The molecule has 0 aromatic heterocycles. The van der Waals surface area contributed by atoms with E-state index in [-0.39, 0.29) is 0 Å². The number of terminal acetylenes is 1. The molecule has 0 aromatic carbocycles. The molecular formula is C30H45N. The Balaban J connectivity index is 3.08. The largest absolute Gasteiger partial charge is 0.363 e. The van der Waals surface area contributed by atoms with Gasteiger partial charge in [-0.2, -0.15) is 0 Å². The zero-order valence-corrected chi connectivity index (χ0v) is 21.0. The molecule has 0 atom stereocenters. The van der Waals surface area contributed by atoms with Crippen LogP contribution in [0, 0.1) is 23.7 Å². The van der Waals surface area contributed by atoms with Gasteiger partial charge in [0.1, 0.15) is 0 Å². The molecule has 0 aliphatic heterocycles. The van der Waals surface area contributed by atoms with Gasteiger partial charge in [-0.05, 0) is 92.9 Å². The minimum Gasteiger partial charge on any atom is -0.363 e. The fourth-order valence-electron chi connectivity index (χ4n) is 4.18. The molecule has 0 aromatic rings. The van der Waals surface area contributed by atoms with E-state index >= 15 is 0 Å². The summed E-state index contributed by atoms with van der Waals surface area (Å²) in [6, 6.07) is 0. The smallest absolute Gasteiger partial charge is 0.0272 e. The van der Waals surface area contributed by atoms with Gasteiger partial charge in [0, 0.05) is 17.8 Å². The van der Waals surface area contributed by atoms with E-state index in [1.165, 1.54) is 48.0 Å². The summed E-state index contributed by atoms with van der Waals surface area (Å²) >= 11 is 0. The van der Waals surface area contributed by atoms with E-state index in [0.717, 1.165) is 30.7 Å². The maximum absolute atomic E-state index is 5.53. The van der Waals surface area contributed by atoms with Crippen LogP contribution >= 0.6 is 0 Å². The molecule has 1 nitrogen and oxygen atoms in total. The minimum absolute atomic E-state index is 0.475. The lowest BCUT2D eigenvalue weighted by Crippen LogP contribution is -2.26. The zero-order chi connectivity index (χ0) is 23.4. The molecule has 0 amide bonds. The van der Waals surface area contributed by atoms with Crippen LogP contribution in [-0.4, -0.2) is 0 Å². The molecule has 1 aliphatic rings. The molecule has 1 saturated carbocycles. The Hall–Kier alpha value is -2.20. The van der Waals surface area contributed by atoms with Crippen LogP contribution in [0.25, 0.3) is 0 Å². The second-order valence-electron chi connectivity index (χ2n) is 9.63. The summed E-state index contributed by atoms with van der Waals surface area (Å²) in [5, 5.41) is 3.60. The minimum atomic E-state index is 0.475. The predicted octanol–water partition coefficient (Wildman–Crippen LogP) is 8.80. The Morgan fingerprint density at radius 2 is 1.77 bits per heavy atom.